The molecule has 0 aromatic rings. The summed E-state index contributed by atoms with van der Waals surface area (Å²) in [4.78, 5) is 0. The molecule has 42 valence electrons. The molecule has 0 heterocycles. The fraction of sp³-hybridized carbons (Fsp3) is 0.714. The summed E-state index contributed by atoms with van der Waals surface area (Å²) in [5.74, 6) is 0.816. The zero-order valence-corrected chi connectivity index (χ0v) is 5.44. The summed E-state index contributed by atoms with van der Waals surface area (Å²) >= 11 is 0. The quantitative estimate of drug-likeness (QED) is 0.466. The second-order valence-corrected chi connectivity index (χ2v) is 2.20. The molecule has 0 atom stereocenters. The average molecular weight is 98.2 g/mol. The Bertz CT molecular complexity index is 51.1. The van der Waals surface area contributed by atoms with E-state index in [1.807, 2.05) is 0 Å². The van der Waals surface area contributed by atoms with Crippen LogP contribution in [0.4, 0.5) is 0 Å². The summed E-state index contributed by atoms with van der Waals surface area (Å²) in [5.41, 5.74) is 0. The first-order valence-electron chi connectivity index (χ1n) is 2.88. The molecule has 7 heavy (non-hydrogen) atoms. The van der Waals surface area contributed by atoms with E-state index in [0.29, 0.717) is 0 Å². The van der Waals surface area contributed by atoms with E-state index in [2.05, 4.69) is 32.9 Å². The van der Waals surface area contributed by atoms with Crippen LogP contribution in [0, 0.1) is 5.92 Å². The molecule has 0 bridgehead atoms. The van der Waals surface area contributed by atoms with Crippen molar-refractivity contribution in [2.75, 3.05) is 0 Å². The first-order chi connectivity index (χ1) is 3.27. The predicted molar refractivity (Wildman–Crippen MR) is 34.3 cm³/mol. The largest absolute Gasteiger partial charge is 0.0917 e. The summed E-state index contributed by atoms with van der Waals surface area (Å²) in [6, 6.07) is 0. The van der Waals surface area contributed by atoms with Crippen LogP contribution in [0.5, 0.6) is 0 Å². The Morgan fingerprint density at radius 3 is 2.14 bits per heavy atom. The molecule has 0 amide bonds. The smallest absolute Gasteiger partial charge is 0.0328 e. The van der Waals surface area contributed by atoms with Gasteiger partial charge in [0.15, 0.2) is 0 Å². The molecule has 0 aromatic carbocycles. The van der Waals surface area contributed by atoms with Crippen molar-refractivity contribution in [1.29, 1.82) is 0 Å². The van der Waals surface area contributed by atoms with E-state index in [0.717, 1.165) is 5.92 Å². The van der Waals surface area contributed by atoms with Gasteiger partial charge in [-0.3, -0.25) is 0 Å². The van der Waals surface area contributed by atoms with Gasteiger partial charge in [0.25, 0.3) is 0 Å². The molecule has 0 radical (unpaired) electrons. The van der Waals surface area contributed by atoms with Crippen LogP contribution in [0.3, 0.4) is 0 Å². The predicted octanol–water partition coefficient (Wildman–Crippen LogP) is 2.61. The molecule has 0 rings (SSSR count). The fourth-order valence-electron chi connectivity index (χ4n) is 0.408. The molecular weight excluding hydrogens is 84.1 g/mol. The highest BCUT2D eigenvalue weighted by Crippen LogP contribution is 1.98. The minimum atomic E-state index is 0.816. The first kappa shape index (κ1) is 6.74. The van der Waals surface area contributed by atoms with E-state index < -0.39 is 0 Å². The van der Waals surface area contributed by atoms with E-state index in [4.69, 9.17) is 0 Å². The Balaban J connectivity index is 2.97. The SMILES string of the molecule is C/C=C/CC(C)C. The zero-order valence-electron chi connectivity index (χ0n) is 5.44. The van der Waals surface area contributed by atoms with Crippen molar-refractivity contribution in [1.82, 2.24) is 0 Å². The highest BCUT2D eigenvalue weighted by Gasteiger charge is 1.83. The third-order valence-corrected chi connectivity index (χ3v) is 0.843. The lowest BCUT2D eigenvalue weighted by Crippen LogP contribution is -1.79. The van der Waals surface area contributed by atoms with Gasteiger partial charge in [-0.1, -0.05) is 26.0 Å². The van der Waals surface area contributed by atoms with Gasteiger partial charge in [0.2, 0.25) is 0 Å². The summed E-state index contributed by atoms with van der Waals surface area (Å²) in [7, 11) is 0. The fourth-order valence-corrected chi connectivity index (χ4v) is 0.408. The van der Waals surface area contributed by atoms with Gasteiger partial charge in [-0.25, -0.2) is 0 Å². The molecule has 0 aliphatic carbocycles. The molecule has 0 aliphatic rings. The Labute approximate surface area is 46.2 Å². The Kier molecular flexibility index (Phi) is 3.77. The highest BCUT2D eigenvalue weighted by molar-refractivity contribution is 4.77. The molecule has 0 spiro atoms. The number of allylic oxidation sites excluding steroid dienone is 2. The molecule has 0 heteroatoms. The van der Waals surface area contributed by atoms with Crippen LogP contribution in [0.1, 0.15) is 27.2 Å². The number of hydrogen-bond donors (Lipinski definition) is 0. The van der Waals surface area contributed by atoms with Crippen LogP contribution in [-0.4, -0.2) is 0 Å². The van der Waals surface area contributed by atoms with Crippen molar-refractivity contribution >= 4 is 0 Å². The zero-order chi connectivity index (χ0) is 5.70. The summed E-state index contributed by atoms with van der Waals surface area (Å²) in [5, 5.41) is 0. The molecule has 0 aliphatic heterocycles. The van der Waals surface area contributed by atoms with Gasteiger partial charge in [0, 0.05) is 0 Å². The lowest BCUT2D eigenvalue weighted by Gasteiger charge is -1.93. The molecule has 0 unspecified atom stereocenters. The second kappa shape index (κ2) is 3.91. The van der Waals surface area contributed by atoms with Crippen LogP contribution in [-0.2, 0) is 0 Å². The van der Waals surface area contributed by atoms with Crippen molar-refractivity contribution in [3.8, 4) is 0 Å². The van der Waals surface area contributed by atoms with Gasteiger partial charge in [-0.05, 0) is 19.3 Å². The van der Waals surface area contributed by atoms with Gasteiger partial charge in [0.05, 0.1) is 0 Å². The van der Waals surface area contributed by atoms with Crippen molar-refractivity contribution in [2.24, 2.45) is 5.92 Å². The molecule has 0 saturated carbocycles. The lowest BCUT2D eigenvalue weighted by molar-refractivity contribution is 0.663. The molecule has 0 fully saturated rings. The van der Waals surface area contributed by atoms with Crippen LogP contribution in [0.25, 0.3) is 0 Å². The molecular formula is C7H14. The molecule has 0 nitrogen and oxygen atoms in total. The Morgan fingerprint density at radius 1 is 1.43 bits per heavy atom. The lowest BCUT2D eigenvalue weighted by atomic mass is 10.1. The first-order valence-corrected chi connectivity index (χ1v) is 2.88. The van der Waals surface area contributed by atoms with E-state index in [1.165, 1.54) is 6.42 Å². The third kappa shape index (κ3) is 5.74. The maximum absolute atomic E-state index is 2.22. The van der Waals surface area contributed by atoms with Gasteiger partial charge in [0.1, 0.15) is 0 Å². The minimum Gasteiger partial charge on any atom is -0.0917 e. The second-order valence-electron chi connectivity index (χ2n) is 2.20. The van der Waals surface area contributed by atoms with Crippen molar-refractivity contribution in [3.05, 3.63) is 12.2 Å². The highest BCUT2D eigenvalue weighted by atomic mass is 13.9. The normalized spacial score (nSPS) is 11.4. The average Bonchev–Trinajstić information content (AvgIpc) is 1.61. The van der Waals surface area contributed by atoms with Crippen LogP contribution in [0.2, 0.25) is 0 Å². The van der Waals surface area contributed by atoms with Crippen molar-refractivity contribution in [2.45, 2.75) is 27.2 Å². The van der Waals surface area contributed by atoms with Gasteiger partial charge in [-0.2, -0.15) is 0 Å². The van der Waals surface area contributed by atoms with Crippen LogP contribution in [0.15, 0.2) is 12.2 Å². The van der Waals surface area contributed by atoms with Crippen molar-refractivity contribution < 1.29 is 0 Å². The van der Waals surface area contributed by atoms with Gasteiger partial charge < -0.3 is 0 Å². The standard InChI is InChI=1S/C7H14/c1-4-5-6-7(2)3/h4-5,7H,6H2,1-3H3/b5-4+. The van der Waals surface area contributed by atoms with Crippen LogP contribution < -0.4 is 0 Å². The third-order valence-electron chi connectivity index (χ3n) is 0.843. The molecule has 0 saturated heterocycles. The number of hydrogen-bond acceptors (Lipinski definition) is 0. The van der Waals surface area contributed by atoms with E-state index >= 15 is 0 Å². The maximum atomic E-state index is 2.22. The number of rotatable bonds is 2. The Hall–Kier alpha value is -0.260. The van der Waals surface area contributed by atoms with Crippen molar-refractivity contribution in [3.63, 3.8) is 0 Å². The van der Waals surface area contributed by atoms with E-state index in [-0.39, 0.29) is 0 Å². The monoisotopic (exact) mass is 98.1 g/mol. The van der Waals surface area contributed by atoms with Crippen LogP contribution >= 0.6 is 0 Å². The maximum Gasteiger partial charge on any atom is -0.0328 e. The molecule has 0 aromatic heterocycles. The Morgan fingerprint density at radius 2 is 2.00 bits per heavy atom. The summed E-state index contributed by atoms with van der Waals surface area (Å²) < 4.78 is 0. The van der Waals surface area contributed by atoms with Gasteiger partial charge >= 0.3 is 0 Å². The van der Waals surface area contributed by atoms with E-state index in [1.54, 1.807) is 0 Å². The van der Waals surface area contributed by atoms with Gasteiger partial charge in [-0.15, -0.1) is 0 Å². The summed E-state index contributed by atoms with van der Waals surface area (Å²) in [6.07, 6.45) is 5.52. The molecule has 0 N–H and O–H groups in total. The summed E-state index contributed by atoms with van der Waals surface area (Å²) in [6.45, 7) is 6.50. The minimum absolute atomic E-state index is 0.816. The topological polar surface area (TPSA) is 0 Å². The van der Waals surface area contributed by atoms with E-state index in [9.17, 15) is 0 Å².